The van der Waals surface area contributed by atoms with E-state index in [1.807, 2.05) is 49.5 Å². The Hall–Kier alpha value is -3.01. The first-order valence-corrected chi connectivity index (χ1v) is 12.8. The average Bonchev–Trinajstić information content (AvgIpc) is 3.28. The molecule has 8 nitrogen and oxygen atoms in total. The second-order valence-electron chi connectivity index (χ2n) is 9.30. The minimum atomic E-state index is -3.40. The molecule has 182 valence electrons. The van der Waals surface area contributed by atoms with Crippen molar-refractivity contribution < 1.29 is 9.00 Å². The Morgan fingerprint density at radius 3 is 2.15 bits per heavy atom. The highest BCUT2D eigenvalue weighted by molar-refractivity contribution is 7.91. The zero-order chi connectivity index (χ0) is 25.0. The van der Waals surface area contributed by atoms with E-state index in [1.54, 1.807) is 18.3 Å². The summed E-state index contributed by atoms with van der Waals surface area (Å²) < 4.78 is 17.0. The summed E-state index contributed by atoms with van der Waals surface area (Å²) >= 11 is 0. The van der Waals surface area contributed by atoms with E-state index < -0.39 is 15.9 Å². The Balaban J connectivity index is 1.97. The lowest BCUT2D eigenvalue weighted by atomic mass is 9.89. The van der Waals surface area contributed by atoms with E-state index in [-0.39, 0.29) is 11.8 Å². The molecule has 4 N–H and O–H groups in total. The standard InChI is InChI=1S/C25H34N6O2S/c1-16(2)22-11-19(20-13-27-28-14-20)12-23(17(3)4)24(22)29-25(32)30-34(26,33)21-9-7-18(8-10-21)15-31(5)6/h7-14,16-17H,15H2,1-6H3,(H,27,28)(H3,26,29,30,32,33). The van der Waals surface area contributed by atoms with Gasteiger partial charge in [0.25, 0.3) is 0 Å². The average molecular weight is 483 g/mol. The molecule has 3 aromatic rings. The number of aromatic nitrogens is 2. The van der Waals surface area contributed by atoms with Crippen LogP contribution in [0.25, 0.3) is 11.1 Å². The van der Waals surface area contributed by atoms with Gasteiger partial charge < -0.3 is 10.2 Å². The summed E-state index contributed by atoms with van der Waals surface area (Å²) in [6.45, 7) is 8.99. The molecule has 9 heteroatoms. The Morgan fingerprint density at radius 1 is 1.09 bits per heavy atom. The maximum absolute atomic E-state index is 13.1. The van der Waals surface area contributed by atoms with Crippen LogP contribution in [0.3, 0.4) is 0 Å². The summed E-state index contributed by atoms with van der Waals surface area (Å²) in [6.07, 6.45) is 3.61. The van der Waals surface area contributed by atoms with Crippen LogP contribution in [0.2, 0.25) is 0 Å². The zero-order valence-electron chi connectivity index (χ0n) is 20.6. The van der Waals surface area contributed by atoms with Crippen LogP contribution in [0, 0.1) is 0 Å². The number of nitrogens with two attached hydrogens (primary N) is 1. The summed E-state index contributed by atoms with van der Waals surface area (Å²) in [4.78, 5) is 15.3. The van der Waals surface area contributed by atoms with Gasteiger partial charge in [-0.05, 0) is 72.5 Å². The topological polar surface area (TPSA) is 116 Å². The Labute approximate surface area is 202 Å². The lowest BCUT2D eigenvalue weighted by Gasteiger charge is -2.21. The molecule has 2 amide bonds. The molecule has 1 aromatic heterocycles. The van der Waals surface area contributed by atoms with E-state index in [1.165, 1.54) is 0 Å². The molecular formula is C25H34N6O2S. The Bertz CT molecular complexity index is 1230. The molecule has 0 aliphatic heterocycles. The second kappa shape index (κ2) is 10.5. The first-order chi connectivity index (χ1) is 16.0. The summed E-state index contributed by atoms with van der Waals surface area (Å²) in [5.74, 6) is 0.261. The minimum Gasteiger partial charge on any atom is -0.305 e. The smallest absolute Gasteiger partial charge is 0.305 e. The largest absolute Gasteiger partial charge is 0.354 e. The van der Waals surface area contributed by atoms with Gasteiger partial charge in [0.1, 0.15) is 9.92 Å². The molecule has 0 bridgehead atoms. The SMILES string of the molecule is CC(C)c1cc(-c2cn[nH]c2)cc(C(C)C)c1NC(=O)N=S(N)(=O)c1ccc(CN(C)C)cc1. The van der Waals surface area contributed by atoms with Crippen molar-refractivity contribution in [1.29, 1.82) is 0 Å². The van der Waals surface area contributed by atoms with Crippen molar-refractivity contribution >= 4 is 21.6 Å². The van der Waals surface area contributed by atoms with Crippen LogP contribution in [0.1, 0.15) is 56.2 Å². The van der Waals surface area contributed by atoms with E-state index in [2.05, 4.69) is 47.6 Å². The molecule has 3 rings (SSSR count). The molecule has 0 saturated heterocycles. The predicted octanol–water partition coefficient (Wildman–Crippen LogP) is 5.32. The lowest BCUT2D eigenvalue weighted by molar-refractivity contribution is 0.260. The number of benzene rings is 2. The van der Waals surface area contributed by atoms with Crippen molar-refractivity contribution in [3.05, 3.63) is 65.5 Å². The third-order valence-electron chi connectivity index (χ3n) is 5.49. The number of carbonyl (C=O) groups is 1. The molecule has 2 aromatic carbocycles. The van der Waals surface area contributed by atoms with Crippen molar-refractivity contribution in [3.8, 4) is 11.1 Å². The summed E-state index contributed by atoms with van der Waals surface area (Å²) in [7, 11) is 0.543. The van der Waals surface area contributed by atoms with Crippen LogP contribution in [0.4, 0.5) is 10.5 Å². The molecule has 0 aliphatic carbocycles. The van der Waals surface area contributed by atoms with Crippen molar-refractivity contribution in [2.24, 2.45) is 9.50 Å². The van der Waals surface area contributed by atoms with Gasteiger partial charge in [-0.3, -0.25) is 5.10 Å². The van der Waals surface area contributed by atoms with Crippen molar-refractivity contribution in [2.75, 3.05) is 19.4 Å². The molecule has 0 spiro atoms. The lowest BCUT2D eigenvalue weighted by Crippen LogP contribution is -2.19. The summed E-state index contributed by atoms with van der Waals surface area (Å²) in [5.41, 5.74) is 5.63. The fourth-order valence-corrected chi connectivity index (χ4v) is 4.70. The van der Waals surface area contributed by atoms with E-state index >= 15 is 0 Å². The van der Waals surface area contributed by atoms with Crippen LogP contribution in [0.15, 0.2) is 58.1 Å². The fraction of sp³-hybridized carbons (Fsp3) is 0.360. The molecule has 1 unspecified atom stereocenters. The fourth-order valence-electron chi connectivity index (χ4n) is 3.78. The highest BCUT2D eigenvalue weighted by Crippen LogP contribution is 2.37. The van der Waals surface area contributed by atoms with Crippen molar-refractivity contribution in [3.63, 3.8) is 0 Å². The molecule has 0 saturated carbocycles. The number of nitrogens with zero attached hydrogens (tertiary/aromatic N) is 3. The van der Waals surface area contributed by atoms with Gasteiger partial charge in [-0.2, -0.15) is 5.10 Å². The van der Waals surface area contributed by atoms with Crippen LogP contribution in [0.5, 0.6) is 0 Å². The van der Waals surface area contributed by atoms with Gasteiger partial charge in [0.15, 0.2) is 0 Å². The first-order valence-electron chi connectivity index (χ1n) is 11.2. The quantitative estimate of drug-likeness (QED) is 0.423. The van der Waals surface area contributed by atoms with Crippen LogP contribution in [-0.2, 0) is 16.5 Å². The molecular weight excluding hydrogens is 448 g/mol. The molecule has 0 radical (unpaired) electrons. The highest BCUT2D eigenvalue weighted by Gasteiger charge is 2.20. The molecule has 0 fully saturated rings. The minimum absolute atomic E-state index is 0.131. The maximum atomic E-state index is 13.1. The normalized spacial score (nSPS) is 13.4. The van der Waals surface area contributed by atoms with Gasteiger partial charge in [-0.1, -0.05) is 39.8 Å². The number of anilines is 1. The van der Waals surface area contributed by atoms with Crippen LogP contribution in [-0.4, -0.2) is 39.4 Å². The molecule has 34 heavy (non-hydrogen) atoms. The van der Waals surface area contributed by atoms with Gasteiger partial charge in [0, 0.05) is 24.0 Å². The Morgan fingerprint density at radius 2 is 1.68 bits per heavy atom. The second-order valence-corrected chi connectivity index (χ2v) is 11.1. The third kappa shape index (κ3) is 6.11. The number of aromatic amines is 1. The van der Waals surface area contributed by atoms with Gasteiger partial charge >= 0.3 is 6.03 Å². The summed E-state index contributed by atoms with van der Waals surface area (Å²) in [5, 5.41) is 15.8. The number of rotatable bonds is 7. The van der Waals surface area contributed by atoms with E-state index in [9.17, 15) is 9.00 Å². The van der Waals surface area contributed by atoms with E-state index in [0.717, 1.165) is 34.4 Å². The number of nitrogens with one attached hydrogen (secondary N) is 2. The highest BCUT2D eigenvalue weighted by atomic mass is 32.2. The number of H-pyrrole nitrogens is 1. The van der Waals surface area contributed by atoms with E-state index in [4.69, 9.17) is 5.14 Å². The number of amides is 2. The maximum Gasteiger partial charge on any atom is 0.354 e. The molecule has 1 heterocycles. The van der Waals surface area contributed by atoms with E-state index in [0.29, 0.717) is 10.6 Å². The molecule has 1 atom stereocenters. The predicted molar refractivity (Wildman–Crippen MR) is 138 cm³/mol. The first kappa shape index (κ1) is 25.6. The number of urea groups is 1. The molecule has 0 aliphatic rings. The van der Waals surface area contributed by atoms with Crippen LogP contribution < -0.4 is 10.5 Å². The van der Waals surface area contributed by atoms with Crippen molar-refractivity contribution in [1.82, 2.24) is 15.1 Å². The summed E-state index contributed by atoms with van der Waals surface area (Å²) in [6, 6.07) is 10.4. The third-order valence-corrected chi connectivity index (χ3v) is 6.87. The van der Waals surface area contributed by atoms with Gasteiger partial charge in [0.2, 0.25) is 0 Å². The van der Waals surface area contributed by atoms with Gasteiger partial charge in [-0.25, -0.2) is 14.1 Å². The van der Waals surface area contributed by atoms with Crippen molar-refractivity contribution in [2.45, 2.75) is 51.0 Å². The van der Waals surface area contributed by atoms with Gasteiger partial charge in [0.05, 0.1) is 11.1 Å². The van der Waals surface area contributed by atoms with Crippen LogP contribution >= 0.6 is 0 Å². The number of carbonyl (C=O) groups excluding carboxylic acids is 1. The monoisotopic (exact) mass is 482 g/mol. The zero-order valence-corrected chi connectivity index (χ0v) is 21.4. The number of hydrogen-bond acceptors (Lipinski definition) is 4. The number of hydrogen-bond donors (Lipinski definition) is 3. The van der Waals surface area contributed by atoms with Gasteiger partial charge in [-0.15, -0.1) is 4.36 Å². The Kier molecular flexibility index (Phi) is 7.91.